The minimum Gasteiger partial charge on any atom is -0.329 e. The second-order valence-electron chi connectivity index (χ2n) is 6.82. The highest BCUT2D eigenvalue weighted by Crippen LogP contribution is 2.28. The lowest BCUT2D eigenvalue weighted by molar-refractivity contribution is 0.631. The van der Waals surface area contributed by atoms with Gasteiger partial charge in [-0.2, -0.15) is 10.1 Å². The molecule has 4 rings (SSSR count). The van der Waals surface area contributed by atoms with Crippen LogP contribution in [0.3, 0.4) is 0 Å². The van der Waals surface area contributed by atoms with E-state index in [4.69, 9.17) is 0 Å². The Kier molecular flexibility index (Phi) is 4.43. The van der Waals surface area contributed by atoms with E-state index in [0.29, 0.717) is 17.5 Å². The van der Waals surface area contributed by atoms with Crippen LogP contribution in [-0.4, -0.2) is 26.8 Å². The van der Waals surface area contributed by atoms with E-state index >= 15 is 0 Å². The summed E-state index contributed by atoms with van der Waals surface area (Å²) in [5.74, 6) is 0.699. The largest absolute Gasteiger partial charge is 0.329 e. The van der Waals surface area contributed by atoms with Gasteiger partial charge in [-0.15, -0.1) is 0 Å². The number of hydrogen-bond acceptors (Lipinski definition) is 5. The number of hydrogen-bond donors (Lipinski definition) is 1. The maximum absolute atomic E-state index is 14.0. The lowest BCUT2D eigenvalue weighted by Crippen LogP contribution is -2.12. The molecule has 2 aromatic heterocycles. The van der Waals surface area contributed by atoms with Crippen LogP contribution in [0.5, 0.6) is 0 Å². The van der Waals surface area contributed by atoms with Crippen molar-refractivity contribution in [1.82, 2.24) is 19.7 Å². The van der Waals surface area contributed by atoms with E-state index in [9.17, 15) is 4.39 Å². The lowest BCUT2D eigenvalue weighted by atomic mass is 10.2. The molecular formula is C21H21FN6. The molecule has 2 heterocycles. The van der Waals surface area contributed by atoms with Crippen LogP contribution in [-0.2, 0) is 7.05 Å². The highest BCUT2D eigenvalue weighted by molar-refractivity contribution is 5.86. The van der Waals surface area contributed by atoms with Gasteiger partial charge in [0.1, 0.15) is 11.6 Å². The van der Waals surface area contributed by atoms with Crippen LogP contribution >= 0.6 is 0 Å². The summed E-state index contributed by atoms with van der Waals surface area (Å²) in [5.41, 5.74) is 4.35. The molecule has 0 aliphatic carbocycles. The van der Waals surface area contributed by atoms with E-state index in [-0.39, 0.29) is 5.82 Å². The summed E-state index contributed by atoms with van der Waals surface area (Å²) >= 11 is 0. The number of fused-ring (bicyclic) bond motifs is 1. The van der Waals surface area contributed by atoms with Crippen LogP contribution in [0.1, 0.15) is 11.3 Å². The summed E-state index contributed by atoms with van der Waals surface area (Å²) in [6, 6.07) is 12.8. The van der Waals surface area contributed by atoms with Gasteiger partial charge in [0, 0.05) is 37.1 Å². The van der Waals surface area contributed by atoms with E-state index in [1.165, 1.54) is 6.07 Å². The molecule has 0 atom stereocenters. The fraction of sp³-hybridized carbons (Fsp3) is 0.190. The van der Waals surface area contributed by atoms with Crippen molar-refractivity contribution in [1.29, 1.82) is 0 Å². The zero-order valence-electron chi connectivity index (χ0n) is 16.2. The Morgan fingerprint density at radius 2 is 1.89 bits per heavy atom. The molecule has 0 spiro atoms. The van der Waals surface area contributed by atoms with Crippen LogP contribution in [0.2, 0.25) is 0 Å². The average molecular weight is 376 g/mol. The molecule has 0 saturated heterocycles. The van der Waals surface area contributed by atoms with E-state index in [2.05, 4.69) is 26.4 Å². The SMILES string of the molecule is Cc1ccc(F)c(Nc2nccc(N(C)c3ccc4nn(C)c(C)c4c3)n2)c1. The number of nitrogens with zero attached hydrogens (tertiary/aromatic N) is 5. The third-order valence-electron chi connectivity index (χ3n) is 4.85. The van der Waals surface area contributed by atoms with Gasteiger partial charge in [-0.05, 0) is 55.8 Å². The first-order valence-electron chi connectivity index (χ1n) is 8.95. The molecule has 0 unspecified atom stereocenters. The van der Waals surface area contributed by atoms with E-state index in [1.54, 1.807) is 18.3 Å². The number of nitrogens with one attached hydrogen (secondary N) is 1. The molecule has 0 radical (unpaired) electrons. The van der Waals surface area contributed by atoms with Gasteiger partial charge in [-0.1, -0.05) is 6.07 Å². The third-order valence-corrected chi connectivity index (χ3v) is 4.85. The molecule has 0 bridgehead atoms. The normalized spacial score (nSPS) is 11.0. The number of anilines is 4. The molecule has 0 saturated carbocycles. The minimum absolute atomic E-state index is 0.340. The number of rotatable bonds is 4. The molecule has 6 nitrogen and oxygen atoms in total. The molecule has 4 aromatic rings. The average Bonchev–Trinajstić information content (AvgIpc) is 2.98. The Morgan fingerprint density at radius 1 is 1.07 bits per heavy atom. The highest BCUT2D eigenvalue weighted by atomic mass is 19.1. The van der Waals surface area contributed by atoms with E-state index in [1.807, 2.05) is 55.7 Å². The van der Waals surface area contributed by atoms with Gasteiger partial charge in [0.25, 0.3) is 0 Å². The van der Waals surface area contributed by atoms with Gasteiger partial charge in [-0.3, -0.25) is 4.68 Å². The fourth-order valence-corrected chi connectivity index (χ4v) is 3.10. The van der Waals surface area contributed by atoms with Crippen LogP contribution < -0.4 is 10.2 Å². The maximum Gasteiger partial charge on any atom is 0.229 e. The minimum atomic E-state index is -0.342. The second-order valence-corrected chi connectivity index (χ2v) is 6.82. The molecule has 2 aromatic carbocycles. The van der Waals surface area contributed by atoms with Crippen molar-refractivity contribution in [3.8, 4) is 0 Å². The summed E-state index contributed by atoms with van der Waals surface area (Å²) in [6.07, 6.45) is 1.66. The number of halogens is 1. The van der Waals surface area contributed by atoms with Crippen molar-refractivity contribution in [2.45, 2.75) is 13.8 Å². The highest BCUT2D eigenvalue weighted by Gasteiger charge is 2.12. The number of aromatic nitrogens is 4. The predicted octanol–water partition coefficient (Wildman–Crippen LogP) is 4.63. The van der Waals surface area contributed by atoms with E-state index in [0.717, 1.165) is 27.8 Å². The standard InChI is InChI=1S/C21H21FN6/c1-13-5-7-17(22)19(11-13)24-21-23-10-9-20(25-21)27(3)15-6-8-18-16(12-15)14(2)28(4)26-18/h5-12H,1-4H3,(H,23,24,25). The Morgan fingerprint density at radius 3 is 2.71 bits per heavy atom. The Balaban J connectivity index is 1.65. The van der Waals surface area contributed by atoms with Crippen molar-refractivity contribution in [3.05, 3.63) is 65.7 Å². The molecule has 28 heavy (non-hydrogen) atoms. The summed E-state index contributed by atoms with van der Waals surface area (Å²) < 4.78 is 15.9. The van der Waals surface area contributed by atoms with Gasteiger partial charge in [-0.25, -0.2) is 9.37 Å². The van der Waals surface area contributed by atoms with Gasteiger partial charge in [0.2, 0.25) is 5.95 Å². The van der Waals surface area contributed by atoms with Crippen LogP contribution in [0.4, 0.5) is 27.5 Å². The summed E-state index contributed by atoms with van der Waals surface area (Å²) in [4.78, 5) is 10.7. The molecule has 1 N–H and O–H groups in total. The van der Waals surface area contributed by atoms with Gasteiger partial charge >= 0.3 is 0 Å². The first-order chi connectivity index (χ1) is 13.4. The first kappa shape index (κ1) is 17.9. The summed E-state index contributed by atoms with van der Waals surface area (Å²) in [7, 11) is 3.87. The molecule has 0 fully saturated rings. The number of benzene rings is 2. The predicted molar refractivity (Wildman–Crippen MR) is 110 cm³/mol. The smallest absolute Gasteiger partial charge is 0.229 e. The zero-order valence-corrected chi connectivity index (χ0v) is 16.2. The molecule has 0 aliphatic rings. The van der Waals surface area contributed by atoms with Crippen molar-refractivity contribution < 1.29 is 4.39 Å². The van der Waals surface area contributed by atoms with Crippen LogP contribution in [0.25, 0.3) is 10.9 Å². The fourth-order valence-electron chi connectivity index (χ4n) is 3.10. The van der Waals surface area contributed by atoms with Crippen molar-refractivity contribution >= 4 is 34.0 Å². The molecule has 7 heteroatoms. The Hall–Kier alpha value is -3.48. The maximum atomic E-state index is 14.0. The monoisotopic (exact) mass is 376 g/mol. The lowest BCUT2D eigenvalue weighted by Gasteiger charge is -2.19. The quantitative estimate of drug-likeness (QED) is 0.563. The van der Waals surface area contributed by atoms with Crippen LogP contribution in [0, 0.1) is 19.7 Å². The second kappa shape index (κ2) is 6.92. The van der Waals surface area contributed by atoms with Crippen molar-refractivity contribution in [2.75, 3.05) is 17.3 Å². The van der Waals surface area contributed by atoms with Crippen molar-refractivity contribution in [3.63, 3.8) is 0 Å². The van der Waals surface area contributed by atoms with Crippen molar-refractivity contribution in [2.24, 2.45) is 7.05 Å². The topological polar surface area (TPSA) is 58.9 Å². The Bertz CT molecular complexity index is 1170. The molecular weight excluding hydrogens is 355 g/mol. The van der Waals surface area contributed by atoms with Crippen LogP contribution in [0.15, 0.2) is 48.7 Å². The van der Waals surface area contributed by atoms with Gasteiger partial charge in [0.05, 0.1) is 11.2 Å². The Labute approximate surface area is 162 Å². The third kappa shape index (κ3) is 3.26. The number of aryl methyl sites for hydroxylation is 3. The molecule has 0 amide bonds. The summed E-state index contributed by atoms with van der Waals surface area (Å²) in [6.45, 7) is 3.95. The van der Waals surface area contributed by atoms with Gasteiger partial charge < -0.3 is 10.2 Å². The first-order valence-corrected chi connectivity index (χ1v) is 8.95. The van der Waals surface area contributed by atoms with E-state index < -0.39 is 0 Å². The molecule has 142 valence electrons. The summed E-state index contributed by atoms with van der Waals surface area (Å²) in [5, 5.41) is 8.55. The zero-order chi connectivity index (χ0) is 19.8. The molecule has 0 aliphatic heterocycles. The van der Waals surface area contributed by atoms with Gasteiger partial charge in [0.15, 0.2) is 0 Å².